The van der Waals surface area contributed by atoms with Crippen molar-refractivity contribution in [3.8, 4) is 11.8 Å². The van der Waals surface area contributed by atoms with E-state index < -0.39 is 17.2 Å². The third kappa shape index (κ3) is 3.67. The Bertz CT molecular complexity index is 467. The van der Waals surface area contributed by atoms with Crippen LogP contribution in [-0.2, 0) is 6.42 Å². The summed E-state index contributed by atoms with van der Waals surface area (Å²) >= 11 is 0. The van der Waals surface area contributed by atoms with E-state index >= 15 is 0 Å². The summed E-state index contributed by atoms with van der Waals surface area (Å²) in [7, 11) is 1.29. The SMILES string of the molecule is COc1cc(F)c(CCNC(C)(C)C#N)cc1F. The minimum atomic E-state index is -0.679. The average Bonchev–Trinajstić information content (AvgIpc) is 2.33. The van der Waals surface area contributed by atoms with Gasteiger partial charge in [0, 0.05) is 12.6 Å². The van der Waals surface area contributed by atoms with Crippen LogP contribution in [0.5, 0.6) is 5.75 Å². The fourth-order valence-corrected chi connectivity index (χ4v) is 1.47. The molecule has 0 atom stereocenters. The largest absolute Gasteiger partial charge is 0.494 e. The molecule has 0 radical (unpaired) electrons. The van der Waals surface area contributed by atoms with Gasteiger partial charge in [0.15, 0.2) is 11.6 Å². The number of halogens is 2. The average molecular weight is 254 g/mol. The Labute approximate surface area is 105 Å². The van der Waals surface area contributed by atoms with E-state index in [1.807, 2.05) is 0 Å². The normalized spacial score (nSPS) is 11.1. The number of hydrogen-bond acceptors (Lipinski definition) is 3. The van der Waals surface area contributed by atoms with Crippen molar-refractivity contribution in [3.05, 3.63) is 29.3 Å². The number of ether oxygens (including phenoxy) is 1. The van der Waals surface area contributed by atoms with Crippen LogP contribution in [0.15, 0.2) is 12.1 Å². The lowest BCUT2D eigenvalue weighted by Crippen LogP contribution is -2.38. The third-order valence-corrected chi connectivity index (χ3v) is 2.56. The highest BCUT2D eigenvalue weighted by Gasteiger charge is 2.16. The van der Waals surface area contributed by atoms with Crippen LogP contribution in [0.2, 0.25) is 0 Å². The molecule has 1 aromatic rings. The number of benzene rings is 1. The van der Waals surface area contributed by atoms with Gasteiger partial charge < -0.3 is 4.74 Å². The predicted molar refractivity (Wildman–Crippen MR) is 64.3 cm³/mol. The fraction of sp³-hybridized carbons (Fsp3) is 0.462. The van der Waals surface area contributed by atoms with Gasteiger partial charge in [0.1, 0.15) is 11.4 Å². The Morgan fingerprint density at radius 2 is 2.00 bits per heavy atom. The van der Waals surface area contributed by atoms with Crippen molar-refractivity contribution in [1.29, 1.82) is 5.26 Å². The first-order valence-electron chi connectivity index (χ1n) is 5.58. The minimum absolute atomic E-state index is 0.110. The molecule has 0 heterocycles. The molecule has 0 aliphatic rings. The van der Waals surface area contributed by atoms with Crippen LogP contribution in [0.1, 0.15) is 19.4 Å². The van der Waals surface area contributed by atoms with Gasteiger partial charge >= 0.3 is 0 Å². The second kappa shape index (κ2) is 5.78. The lowest BCUT2D eigenvalue weighted by atomic mass is 10.1. The first-order chi connectivity index (χ1) is 8.39. The van der Waals surface area contributed by atoms with Crippen LogP contribution < -0.4 is 10.1 Å². The molecule has 0 fully saturated rings. The Morgan fingerprint density at radius 1 is 1.33 bits per heavy atom. The highest BCUT2D eigenvalue weighted by Crippen LogP contribution is 2.21. The Kier molecular flexibility index (Phi) is 4.62. The van der Waals surface area contributed by atoms with Crippen LogP contribution >= 0.6 is 0 Å². The molecule has 0 unspecified atom stereocenters. The maximum absolute atomic E-state index is 13.6. The van der Waals surface area contributed by atoms with Crippen LogP contribution in [0, 0.1) is 23.0 Å². The van der Waals surface area contributed by atoms with Gasteiger partial charge in [-0.25, -0.2) is 8.78 Å². The number of nitrogens with one attached hydrogen (secondary N) is 1. The van der Waals surface area contributed by atoms with Gasteiger partial charge in [0.05, 0.1) is 13.2 Å². The van der Waals surface area contributed by atoms with E-state index in [4.69, 9.17) is 5.26 Å². The molecule has 1 N–H and O–H groups in total. The Balaban J connectivity index is 2.69. The van der Waals surface area contributed by atoms with Crippen LogP contribution in [0.25, 0.3) is 0 Å². The van der Waals surface area contributed by atoms with E-state index in [0.29, 0.717) is 13.0 Å². The summed E-state index contributed by atoms with van der Waals surface area (Å²) in [4.78, 5) is 0. The van der Waals surface area contributed by atoms with Gasteiger partial charge in [-0.3, -0.25) is 5.32 Å². The molecule has 0 aliphatic carbocycles. The van der Waals surface area contributed by atoms with Crippen molar-refractivity contribution < 1.29 is 13.5 Å². The first kappa shape index (κ1) is 14.4. The molecule has 1 rings (SSSR count). The maximum atomic E-state index is 13.6. The number of nitriles is 1. The van der Waals surface area contributed by atoms with Gasteiger partial charge in [-0.1, -0.05) is 0 Å². The molecule has 0 amide bonds. The summed E-state index contributed by atoms with van der Waals surface area (Å²) in [6.45, 7) is 3.83. The van der Waals surface area contributed by atoms with Gasteiger partial charge in [0.2, 0.25) is 0 Å². The summed E-state index contributed by atoms with van der Waals surface area (Å²) < 4.78 is 31.7. The van der Waals surface area contributed by atoms with Crippen LogP contribution in [0.3, 0.4) is 0 Å². The second-order valence-corrected chi connectivity index (χ2v) is 4.49. The first-order valence-corrected chi connectivity index (χ1v) is 5.58. The lowest BCUT2D eigenvalue weighted by Gasteiger charge is -2.17. The van der Waals surface area contributed by atoms with Crippen LogP contribution in [-0.4, -0.2) is 19.2 Å². The minimum Gasteiger partial charge on any atom is -0.494 e. The Morgan fingerprint density at radius 3 is 2.56 bits per heavy atom. The molecule has 0 saturated heterocycles. The summed E-state index contributed by atoms with van der Waals surface area (Å²) in [5, 5.41) is 11.7. The van der Waals surface area contributed by atoms with Gasteiger partial charge in [-0.15, -0.1) is 0 Å². The van der Waals surface area contributed by atoms with E-state index in [9.17, 15) is 8.78 Å². The van der Waals surface area contributed by atoms with E-state index in [2.05, 4.69) is 16.1 Å². The number of hydrogen-bond donors (Lipinski definition) is 1. The van der Waals surface area contributed by atoms with Crippen molar-refractivity contribution in [2.75, 3.05) is 13.7 Å². The molecule has 0 bridgehead atoms. The molecule has 3 nitrogen and oxygen atoms in total. The zero-order chi connectivity index (χ0) is 13.8. The fourth-order valence-electron chi connectivity index (χ4n) is 1.47. The second-order valence-electron chi connectivity index (χ2n) is 4.49. The smallest absolute Gasteiger partial charge is 0.165 e. The summed E-state index contributed by atoms with van der Waals surface area (Å²) in [5.74, 6) is -1.21. The maximum Gasteiger partial charge on any atom is 0.165 e. The molecule has 5 heteroatoms. The van der Waals surface area contributed by atoms with Gasteiger partial charge in [-0.2, -0.15) is 5.26 Å². The molecule has 0 spiro atoms. The van der Waals surface area contributed by atoms with Gasteiger partial charge in [0.25, 0.3) is 0 Å². The highest BCUT2D eigenvalue weighted by molar-refractivity contribution is 5.31. The topological polar surface area (TPSA) is 45.0 Å². The quantitative estimate of drug-likeness (QED) is 0.877. The summed E-state index contributed by atoms with van der Waals surface area (Å²) in [6.07, 6.45) is 0.303. The van der Waals surface area contributed by atoms with Crippen molar-refractivity contribution in [1.82, 2.24) is 5.32 Å². The number of rotatable bonds is 5. The van der Waals surface area contributed by atoms with E-state index in [1.165, 1.54) is 7.11 Å². The summed E-state index contributed by atoms with van der Waals surface area (Å²) in [6, 6.07) is 4.22. The molecular formula is C13H16F2N2O. The Hall–Kier alpha value is -1.67. The molecule has 0 aromatic heterocycles. The standard InChI is InChI=1S/C13H16F2N2O/c1-13(2,8-16)17-5-4-9-6-11(15)12(18-3)7-10(9)14/h6-7,17H,4-5H2,1-3H3. The predicted octanol–water partition coefficient (Wildman–Crippen LogP) is 2.41. The molecule has 18 heavy (non-hydrogen) atoms. The van der Waals surface area contributed by atoms with Crippen molar-refractivity contribution >= 4 is 0 Å². The molecule has 0 saturated carbocycles. The van der Waals surface area contributed by atoms with Gasteiger partial charge in [-0.05, 0) is 31.9 Å². The van der Waals surface area contributed by atoms with Crippen molar-refractivity contribution in [3.63, 3.8) is 0 Å². The molecular weight excluding hydrogens is 238 g/mol. The zero-order valence-corrected chi connectivity index (χ0v) is 10.7. The monoisotopic (exact) mass is 254 g/mol. The molecule has 98 valence electrons. The van der Waals surface area contributed by atoms with Crippen molar-refractivity contribution in [2.24, 2.45) is 0 Å². The molecule has 1 aromatic carbocycles. The zero-order valence-electron chi connectivity index (χ0n) is 10.7. The van der Waals surface area contributed by atoms with E-state index in [0.717, 1.165) is 12.1 Å². The lowest BCUT2D eigenvalue weighted by molar-refractivity contribution is 0.381. The van der Waals surface area contributed by atoms with Crippen LogP contribution in [0.4, 0.5) is 8.78 Å². The number of methoxy groups -OCH3 is 1. The highest BCUT2D eigenvalue weighted by atomic mass is 19.1. The third-order valence-electron chi connectivity index (χ3n) is 2.56. The number of nitrogens with zero attached hydrogens (tertiary/aromatic N) is 1. The summed E-state index contributed by atoms with van der Waals surface area (Å²) in [5.41, 5.74) is -0.420. The van der Waals surface area contributed by atoms with E-state index in [-0.39, 0.29) is 11.3 Å². The molecule has 0 aliphatic heterocycles. The van der Waals surface area contributed by atoms with Crippen molar-refractivity contribution in [2.45, 2.75) is 25.8 Å². The van der Waals surface area contributed by atoms with E-state index in [1.54, 1.807) is 13.8 Å².